The van der Waals surface area contributed by atoms with Crippen LogP contribution in [0.25, 0.3) is 0 Å². The highest BCUT2D eigenvalue weighted by Crippen LogP contribution is 2.19. The molecule has 1 heterocycles. The molecule has 1 amide bonds. The fourth-order valence-electron chi connectivity index (χ4n) is 2.06. The zero-order valence-corrected chi connectivity index (χ0v) is 12.2. The van der Waals surface area contributed by atoms with Gasteiger partial charge in [-0.1, -0.05) is 12.1 Å². The van der Waals surface area contributed by atoms with Crippen molar-refractivity contribution >= 4 is 28.5 Å². The van der Waals surface area contributed by atoms with Gasteiger partial charge < -0.3 is 9.64 Å². The Morgan fingerprint density at radius 3 is 2.94 bits per heavy atom. The van der Waals surface area contributed by atoms with Crippen molar-refractivity contribution in [1.82, 2.24) is 4.90 Å². The molecule has 1 aromatic carbocycles. The first-order chi connectivity index (χ1) is 8.09. The molecule has 0 spiro atoms. The number of amides is 1. The highest BCUT2D eigenvalue weighted by Gasteiger charge is 2.24. The number of rotatable bonds is 1. The lowest BCUT2D eigenvalue weighted by Gasteiger charge is -2.31. The number of nitrogens with zero attached hydrogens (tertiary/aromatic N) is 1. The largest absolute Gasteiger partial charge is 0.375 e. The molecular weight excluding hydrogens is 329 g/mol. The summed E-state index contributed by atoms with van der Waals surface area (Å²) in [6.07, 6.45) is 0.134. The van der Waals surface area contributed by atoms with Gasteiger partial charge in [0.25, 0.3) is 5.91 Å². The Kier molecular flexibility index (Phi) is 4.04. The topological polar surface area (TPSA) is 29.5 Å². The number of ether oxygens (including phenoxy) is 1. The quantitative estimate of drug-likeness (QED) is 0.732. The van der Waals surface area contributed by atoms with Crippen molar-refractivity contribution in [2.24, 2.45) is 0 Å². The monoisotopic (exact) mass is 345 g/mol. The number of aryl methyl sites for hydroxylation is 1. The van der Waals surface area contributed by atoms with Crippen LogP contribution < -0.4 is 0 Å². The van der Waals surface area contributed by atoms with E-state index in [1.807, 2.05) is 36.9 Å². The Hall–Kier alpha value is -0.620. The zero-order chi connectivity index (χ0) is 12.4. The van der Waals surface area contributed by atoms with Crippen LogP contribution in [0, 0.1) is 10.5 Å². The molecule has 0 radical (unpaired) electrons. The zero-order valence-electron chi connectivity index (χ0n) is 10.1. The minimum atomic E-state index is 0.127. The Labute approximate surface area is 115 Å². The van der Waals surface area contributed by atoms with Crippen molar-refractivity contribution < 1.29 is 9.53 Å². The molecule has 1 fully saturated rings. The number of benzene rings is 1. The van der Waals surface area contributed by atoms with Crippen LogP contribution in [0.4, 0.5) is 0 Å². The summed E-state index contributed by atoms with van der Waals surface area (Å²) >= 11 is 2.22. The number of hydrogen-bond acceptors (Lipinski definition) is 2. The maximum absolute atomic E-state index is 12.5. The molecular formula is C13H16INO2. The van der Waals surface area contributed by atoms with Gasteiger partial charge in [0, 0.05) is 16.7 Å². The summed E-state index contributed by atoms with van der Waals surface area (Å²) < 4.78 is 6.48. The van der Waals surface area contributed by atoms with Crippen LogP contribution in [0.2, 0.25) is 0 Å². The van der Waals surface area contributed by atoms with Crippen LogP contribution in [0.3, 0.4) is 0 Å². The van der Waals surface area contributed by atoms with Gasteiger partial charge in [-0.25, -0.2) is 0 Å². The van der Waals surface area contributed by atoms with Crippen LogP contribution in [0.15, 0.2) is 18.2 Å². The number of halogens is 1. The Bertz CT molecular complexity index is 413. The first-order valence-electron chi connectivity index (χ1n) is 5.75. The minimum absolute atomic E-state index is 0.127. The molecule has 92 valence electrons. The molecule has 1 aliphatic heterocycles. The van der Waals surface area contributed by atoms with Gasteiger partial charge in [-0.2, -0.15) is 0 Å². The van der Waals surface area contributed by atoms with Crippen molar-refractivity contribution in [1.29, 1.82) is 0 Å². The summed E-state index contributed by atoms with van der Waals surface area (Å²) in [4.78, 5) is 14.3. The average molecular weight is 345 g/mol. The second kappa shape index (κ2) is 5.35. The van der Waals surface area contributed by atoms with Gasteiger partial charge in [0.05, 0.1) is 18.3 Å². The maximum Gasteiger partial charge on any atom is 0.255 e. The standard InChI is InChI=1S/C13H16INO2/c1-9-4-3-5-11(14)12(9)13(16)15-6-7-17-10(2)8-15/h3-5,10H,6-8H2,1-2H3/t10-/m1/s1. The van der Waals surface area contributed by atoms with Gasteiger partial charge in [0.15, 0.2) is 0 Å². The van der Waals surface area contributed by atoms with Crippen LogP contribution in [0.5, 0.6) is 0 Å². The molecule has 2 rings (SSSR count). The van der Waals surface area contributed by atoms with Crippen LogP contribution in [-0.4, -0.2) is 36.6 Å². The van der Waals surface area contributed by atoms with Crippen LogP contribution >= 0.6 is 22.6 Å². The van der Waals surface area contributed by atoms with E-state index in [4.69, 9.17) is 4.74 Å². The van der Waals surface area contributed by atoms with Crippen LogP contribution in [-0.2, 0) is 4.74 Å². The van der Waals surface area contributed by atoms with E-state index in [0.29, 0.717) is 19.7 Å². The van der Waals surface area contributed by atoms with Gasteiger partial charge in [0.2, 0.25) is 0 Å². The second-order valence-corrected chi connectivity index (χ2v) is 5.53. The summed E-state index contributed by atoms with van der Waals surface area (Å²) in [7, 11) is 0. The predicted molar refractivity (Wildman–Crippen MR) is 75.2 cm³/mol. The molecule has 1 atom stereocenters. The first-order valence-corrected chi connectivity index (χ1v) is 6.83. The summed E-state index contributed by atoms with van der Waals surface area (Å²) in [5.74, 6) is 0.127. The van der Waals surface area contributed by atoms with Crippen molar-refractivity contribution in [3.05, 3.63) is 32.9 Å². The smallest absolute Gasteiger partial charge is 0.255 e. The van der Waals surface area contributed by atoms with Gasteiger partial charge in [-0.3, -0.25) is 4.79 Å². The molecule has 0 bridgehead atoms. The van der Waals surface area contributed by atoms with Gasteiger partial charge in [-0.05, 0) is 48.1 Å². The van der Waals surface area contributed by atoms with E-state index in [0.717, 1.165) is 14.7 Å². The number of carbonyl (C=O) groups excluding carboxylic acids is 1. The molecule has 4 heteroatoms. The Morgan fingerprint density at radius 2 is 2.29 bits per heavy atom. The SMILES string of the molecule is Cc1cccc(I)c1C(=O)N1CCO[C@H](C)C1. The van der Waals surface area contributed by atoms with Gasteiger partial charge >= 0.3 is 0 Å². The molecule has 0 aromatic heterocycles. The van der Waals surface area contributed by atoms with Crippen molar-refractivity contribution in [2.75, 3.05) is 19.7 Å². The molecule has 0 N–H and O–H groups in total. The average Bonchev–Trinajstić information content (AvgIpc) is 2.28. The van der Waals surface area contributed by atoms with E-state index in [1.54, 1.807) is 0 Å². The van der Waals surface area contributed by atoms with E-state index in [9.17, 15) is 4.79 Å². The van der Waals surface area contributed by atoms with Crippen LogP contribution in [0.1, 0.15) is 22.8 Å². The van der Waals surface area contributed by atoms with E-state index >= 15 is 0 Å². The maximum atomic E-state index is 12.5. The molecule has 3 nitrogen and oxygen atoms in total. The van der Waals surface area contributed by atoms with Crippen molar-refractivity contribution in [3.8, 4) is 0 Å². The highest BCUT2D eigenvalue weighted by atomic mass is 127. The van der Waals surface area contributed by atoms with Gasteiger partial charge in [0.1, 0.15) is 0 Å². The Balaban J connectivity index is 2.24. The summed E-state index contributed by atoms with van der Waals surface area (Å²) in [5.41, 5.74) is 1.88. The molecule has 1 saturated heterocycles. The molecule has 1 aromatic rings. The minimum Gasteiger partial charge on any atom is -0.375 e. The summed E-state index contributed by atoms with van der Waals surface area (Å²) in [6.45, 7) is 5.99. The number of carbonyl (C=O) groups is 1. The highest BCUT2D eigenvalue weighted by molar-refractivity contribution is 14.1. The van der Waals surface area contributed by atoms with E-state index in [2.05, 4.69) is 22.6 Å². The fraction of sp³-hybridized carbons (Fsp3) is 0.462. The summed E-state index contributed by atoms with van der Waals surface area (Å²) in [6, 6.07) is 5.94. The molecule has 0 unspecified atom stereocenters. The predicted octanol–water partition coefficient (Wildman–Crippen LogP) is 2.46. The molecule has 17 heavy (non-hydrogen) atoms. The van der Waals surface area contributed by atoms with Gasteiger partial charge in [-0.15, -0.1) is 0 Å². The Morgan fingerprint density at radius 1 is 1.53 bits per heavy atom. The summed E-state index contributed by atoms with van der Waals surface area (Å²) in [5, 5.41) is 0. The normalized spacial score (nSPS) is 20.4. The van der Waals surface area contributed by atoms with E-state index < -0.39 is 0 Å². The third-order valence-electron chi connectivity index (χ3n) is 2.96. The molecule has 0 aliphatic carbocycles. The second-order valence-electron chi connectivity index (χ2n) is 4.36. The third-order valence-corrected chi connectivity index (χ3v) is 3.86. The number of morpholine rings is 1. The molecule has 0 saturated carbocycles. The molecule has 1 aliphatic rings. The first kappa shape index (κ1) is 12.8. The van der Waals surface area contributed by atoms with E-state index in [-0.39, 0.29) is 12.0 Å². The van der Waals surface area contributed by atoms with Crippen molar-refractivity contribution in [2.45, 2.75) is 20.0 Å². The van der Waals surface area contributed by atoms with E-state index in [1.165, 1.54) is 0 Å². The lowest BCUT2D eigenvalue weighted by Crippen LogP contribution is -2.44. The number of hydrogen-bond donors (Lipinski definition) is 0. The van der Waals surface area contributed by atoms with Crippen molar-refractivity contribution in [3.63, 3.8) is 0 Å². The lowest BCUT2D eigenvalue weighted by atomic mass is 10.1. The fourth-order valence-corrected chi connectivity index (χ4v) is 2.93. The lowest BCUT2D eigenvalue weighted by molar-refractivity contribution is -0.0124. The third kappa shape index (κ3) is 2.80.